The van der Waals surface area contributed by atoms with Crippen molar-refractivity contribution in [3.8, 4) is 0 Å². The van der Waals surface area contributed by atoms with Crippen LogP contribution in [0.1, 0.15) is 52.4 Å². The first kappa shape index (κ1) is 18.9. The zero-order valence-corrected chi connectivity index (χ0v) is 16.0. The maximum absolute atomic E-state index is 4.76. The molecule has 4 nitrogen and oxygen atoms in total. The Kier molecular flexibility index (Phi) is 9.20. The number of likely N-dealkylation sites (tertiary alicyclic amines) is 1. The zero-order valence-electron chi connectivity index (χ0n) is 15.1. The van der Waals surface area contributed by atoms with E-state index in [-0.39, 0.29) is 0 Å². The van der Waals surface area contributed by atoms with Gasteiger partial charge in [0.2, 0.25) is 0 Å². The Morgan fingerprint density at radius 2 is 2.13 bits per heavy atom. The summed E-state index contributed by atoms with van der Waals surface area (Å²) in [5.74, 6) is 3.22. The standard InChI is InChI=1S/C18H36N4S/c1-3-19-18(21-14-17-9-7-13-23-17)20-10-4-5-11-22-12-6-8-16(2)15-22/h16-17H,3-15H2,1-2H3,(H2,19,20,21). The van der Waals surface area contributed by atoms with Crippen LogP contribution >= 0.6 is 11.8 Å². The van der Waals surface area contributed by atoms with Gasteiger partial charge in [0.15, 0.2) is 5.96 Å². The second-order valence-electron chi connectivity index (χ2n) is 7.04. The Balaban J connectivity index is 1.57. The fraction of sp³-hybridized carbons (Fsp3) is 0.944. The molecule has 134 valence electrons. The van der Waals surface area contributed by atoms with Crippen LogP contribution in [0.15, 0.2) is 4.99 Å². The van der Waals surface area contributed by atoms with E-state index in [4.69, 9.17) is 4.99 Å². The Hall–Kier alpha value is -0.420. The number of aliphatic imine (C=N–C) groups is 1. The minimum atomic E-state index is 0.742. The summed E-state index contributed by atoms with van der Waals surface area (Å²) in [6.07, 6.45) is 8.02. The van der Waals surface area contributed by atoms with Gasteiger partial charge < -0.3 is 15.5 Å². The van der Waals surface area contributed by atoms with Crippen LogP contribution < -0.4 is 10.6 Å². The number of unbranched alkanes of at least 4 members (excludes halogenated alkanes) is 1. The molecule has 2 saturated heterocycles. The topological polar surface area (TPSA) is 39.7 Å². The van der Waals surface area contributed by atoms with Gasteiger partial charge in [-0.1, -0.05) is 6.92 Å². The lowest BCUT2D eigenvalue weighted by Gasteiger charge is -2.30. The molecule has 2 N–H and O–H groups in total. The van der Waals surface area contributed by atoms with Crippen LogP contribution in [-0.4, -0.2) is 61.1 Å². The van der Waals surface area contributed by atoms with Crippen LogP contribution in [-0.2, 0) is 0 Å². The van der Waals surface area contributed by atoms with Crippen molar-refractivity contribution >= 4 is 17.7 Å². The van der Waals surface area contributed by atoms with Crippen molar-refractivity contribution in [2.45, 2.75) is 57.6 Å². The number of guanidine groups is 1. The van der Waals surface area contributed by atoms with E-state index in [0.717, 1.165) is 36.8 Å². The van der Waals surface area contributed by atoms with Gasteiger partial charge in [0.05, 0.1) is 6.54 Å². The van der Waals surface area contributed by atoms with Crippen LogP contribution in [0.2, 0.25) is 0 Å². The molecule has 0 aliphatic carbocycles. The highest BCUT2D eigenvalue weighted by Gasteiger charge is 2.16. The minimum Gasteiger partial charge on any atom is -0.357 e. The average molecular weight is 341 g/mol. The molecule has 23 heavy (non-hydrogen) atoms. The van der Waals surface area contributed by atoms with Gasteiger partial charge >= 0.3 is 0 Å². The largest absolute Gasteiger partial charge is 0.357 e. The monoisotopic (exact) mass is 340 g/mol. The lowest BCUT2D eigenvalue weighted by molar-refractivity contribution is 0.181. The molecule has 0 radical (unpaired) electrons. The Labute approximate surface area is 147 Å². The molecule has 0 saturated carbocycles. The molecule has 0 bridgehead atoms. The Bertz CT molecular complexity index is 342. The fourth-order valence-corrected chi connectivity index (χ4v) is 4.66. The van der Waals surface area contributed by atoms with Crippen molar-refractivity contribution in [2.75, 3.05) is 45.0 Å². The molecule has 0 aromatic heterocycles. The van der Waals surface area contributed by atoms with Gasteiger partial charge in [0.25, 0.3) is 0 Å². The van der Waals surface area contributed by atoms with Crippen molar-refractivity contribution in [3.63, 3.8) is 0 Å². The summed E-state index contributed by atoms with van der Waals surface area (Å²) >= 11 is 2.08. The zero-order chi connectivity index (χ0) is 16.3. The van der Waals surface area contributed by atoms with Gasteiger partial charge in [-0.3, -0.25) is 4.99 Å². The Morgan fingerprint density at radius 3 is 2.87 bits per heavy atom. The van der Waals surface area contributed by atoms with Crippen LogP contribution in [0.25, 0.3) is 0 Å². The summed E-state index contributed by atoms with van der Waals surface area (Å²) in [4.78, 5) is 7.40. The molecule has 2 unspecified atom stereocenters. The van der Waals surface area contributed by atoms with E-state index >= 15 is 0 Å². The lowest BCUT2D eigenvalue weighted by Crippen LogP contribution is -2.39. The lowest BCUT2D eigenvalue weighted by atomic mass is 10.0. The first-order chi connectivity index (χ1) is 11.3. The molecule has 0 aromatic rings. The normalized spacial score (nSPS) is 26.4. The number of hydrogen-bond acceptors (Lipinski definition) is 3. The van der Waals surface area contributed by atoms with Crippen LogP contribution in [0.3, 0.4) is 0 Å². The smallest absolute Gasteiger partial charge is 0.191 e. The molecule has 2 fully saturated rings. The predicted octanol–water partition coefficient (Wildman–Crippen LogP) is 2.95. The summed E-state index contributed by atoms with van der Waals surface area (Å²) in [5.41, 5.74) is 0. The second-order valence-corrected chi connectivity index (χ2v) is 8.44. The second kappa shape index (κ2) is 11.2. The van der Waals surface area contributed by atoms with Gasteiger partial charge in [-0.15, -0.1) is 0 Å². The van der Waals surface area contributed by atoms with Gasteiger partial charge in [0.1, 0.15) is 0 Å². The van der Waals surface area contributed by atoms with Gasteiger partial charge in [0, 0.05) is 24.9 Å². The fourth-order valence-electron chi connectivity index (χ4n) is 3.48. The maximum atomic E-state index is 4.76. The van der Waals surface area contributed by atoms with Gasteiger partial charge in [-0.05, 0) is 70.2 Å². The number of nitrogens with one attached hydrogen (secondary N) is 2. The predicted molar refractivity (Wildman–Crippen MR) is 104 cm³/mol. The molecule has 2 heterocycles. The molecule has 0 amide bonds. The summed E-state index contributed by atoms with van der Waals surface area (Å²) in [7, 11) is 0. The van der Waals surface area contributed by atoms with Crippen molar-refractivity contribution in [2.24, 2.45) is 10.9 Å². The first-order valence-corrected chi connectivity index (χ1v) is 10.7. The van der Waals surface area contributed by atoms with E-state index in [2.05, 4.69) is 41.1 Å². The summed E-state index contributed by atoms with van der Waals surface area (Å²) < 4.78 is 0. The molecular formula is C18H36N4S. The summed E-state index contributed by atoms with van der Waals surface area (Å²) in [5, 5.41) is 7.62. The Morgan fingerprint density at radius 1 is 1.22 bits per heavy atom. The van der Waals surface area contributed by atoms with Gasteiger partial charge in [-0.2, -0.15) is 11.8 Å². The first-order valence-electron chi connectivity index (χ1n) is 9.64. The highest BCUT2D eigenvalue weighted by Crippen LogP contribution is 2.25. The third-order valence-electron chi connectivity index (χ3n) is 4.76. The van der Waals surface area contributed by atoms with Crippen LogP contribution in [0.4, 0.5) is 0 Å². The molecular weight excluding hydrogens is 304 g/mol. The highest BCUT2D eigenvalue weighted by atomic mass is 32.2. The number of thioether (sulfide) groups is 1. The number of nitrogens with zero attached hydrogens (tertiary/aromatic N) is 2. The third-order valence-corrected chi connectivity index (χ3v) is 6.14. The average Bonchev–Trinajstić information content (AvgIpc) is 3.05. The van der Waals surface area contributed by atoms with Crippen molar-refractivity contribution in [1.82, 2.24) is 15.5 Å². The highest BCUT2D eigenvalue weighted by molar-refractivity contribution is 8.00. The quantitative estimate of drug-likeness (QED) is 0.405. The van der Waals surface area contributed by atoms with E-state index < -0.39 is 0 Å². The van der Waals surface area contributed by atoms with Crippen LogP contribution in [0, 0.1) is 5.92 Å². The van der Waals surface area contributed by atoms with Crippen molar-refractivity contribution in [1.29, 1.82) is 0 Å². The van der Waals surface area contributed by atoms with E-state index in [9.17, 15) is 0 Å². The number of rotatable bonds is 8. The maximum Gasteiger partial charge on any atom is 0.191 e. The third kappa shape index (κ3) is 7.79. The van der Waals surface area contributed by atoms with E-state index in [0.29, 0.717) is 0 Å². The van der Waals surface area contributed by atoms with Crippen molar-refractivity contribution in [3.05, 3.63) is 0 Å². The van der Waals surface area contributed by atoms with E-state index in [1.54, 1.807) is 0 Å². The molecule has 2 rings (SSSR count). The number of hydrogen-bond donors (Lipinski definition) is 2. The molecule has 5 heteroatoms. The molecule has 2 atom stereocenters. The molecule has 2 aliphatic heterocycles. The molecule has 0 spiro atoms. The van der Waals surface area contributed by atoms with Gasteiger partial charge in [-0.25, -0.2) is 0 Å². The summed E-state index contributed by atoms with van der Waals surface area (Å²) in [6.45, 7) is 11.3. The van der Waals surface area contributed by atoms with E-state index in [1.165, 1.54) is 63.9 Å². The van der Waals surface area contributed by atoms with Crippen LogP contribution in [0.5, 0.6) is 0 Å². The minimum absolute atomic E-state index is 0.742. The molecule has 2 aliphatic rings. The number of piperidine rings is 1. The van der Waals surface area contributed by atoms with E-state index in [1.807, 2.05) is 0 Å². The molecule has 0 aromatic carbocycles. The SMILES string of the molecule is CCNC(=NCC1CCCS1)NCCCCN1CCCC(C)C1. The van der Waals surface area contributed by atoms with Crippen molar-refractivity contribution < 1.29 is 0 Å². The summed E-state index contributed by atoms with van der Waals surface area (Å²) in [6, 6.07) is 0.